The molecule has 112 valence electrons. The number of rotatable bonds is 4. The van der Waals surface area contributed by atoms with Gasteiger partial charge in [-0.15, -0.1) is 0 Å². The molecule has 1 unspecified atom stereocenters. The van der Waals surface area contributed by atoms with Gasteiger partial charge >= 0.3 is 6.18 Å². The van der Waals surface area contributed by atoms with E-state index in [1.165, 1.54) is 4.68 Å². The molecule has 1 aromatic rings. The number of nitrogens with zero attached hydrogens (tertiary/aromatic N) is 2. The van der Waals surface area contributed by atoms with Crippen LogP contribution in [-0.2, 0) is 11.0 Å². The maximum absolute atomic E-state index is 12.9. The highest BCUT2D eigenvalue weighted by Gasteiger charge is 2.42. The lowest BCUT2D eigenvalue weighted by Gasteiger charge is -2.15. The Labute approximate surface area is 122 Å². The normalized spacial score (nSPS) is 17.1. The monoisotopic (exact) mass is 353 g/mol. The summed E-state index contributed by atoms with van der Waals surface area (Å²) in [7, 11) is 0. The molecular weight excluding hydrogens is 339 g/mol. The van der Waals surface area contributed by atoms with Crippen LogP contribution in [0.5, 0.6) is 0 Å². The van der Waals surface area contributed by atoms with Crippen LogP contribution in [0.2, 0.25) is 0 Å². The first-order valence-corrected chi connectivity index (χ1v) is 7.19. The van der Waals surface area contributed by atoms with Crippen LogP contribution in [0.1, 0.15) is 50.0 Å². The summed E-state index contributed by atoms with van der Waals surface area (Å²) < 4.78 is 40.0. The van der Waals surface area contributed by atoms with Crippen LogP contribution >= 0.6 is 15.9 Å². The molecule has 2 rings (SSSR count). The number of amides is 1. The second-order valence-electron chi connectivity index (χ2n) is 4.83. The summed E-state index contributed by atoms with van der Waals surface area (Å²) in [6.45, 7) is 3.74. The maximum atomic E-state index is 12.9. The average Bonchev–Trinajstić information content (AvgIpc) is 3.11. The smallest absolute Gasteiger partial charge is 0.355 e. The minimum atomic E-state index is -4.53. The quantitative estimate of drug-likeness (QED) is 0.903. The summed E-state index contributed by atoms with van der Waals surface area (Å²) in [5.41, 5.74) is -0.494. The molecule has 1 N–H and O–H groups in total. The minimum Gasteiger partial charge on any atom is -0.355 e. The minimum absolute atomic E-state index is 0.0383. The van der Waals surface area contributed by atoms with Gasteiger partial charge in [0.05, 0.1) is 10.2 Å². The van der Waals surface area contributed by atoms with Crippen LogP contribution in [0.15, 0.2) is 4.47 Å². The number of hydrogen-bond donors (Lipinski definition) is 1. The third-order valence-corrected chi connectivity index (χ3v) is 4.00. The van der Waals surface area contributed by atoms with Gasteiger partial charge in [0.25, 0.3) is 0 Å². The van der Waals surface area contributed by atoms with Crippen molar-refractivity contribution in [2.45, 2.75) is 44.8 Å². The van der Waals surface area contributed by atoms with E-state index in [4.69, 9.17) is 0 Å². The van der Waals surface area contributed by atoms with E-state index in [9.17, 15) is 18.0 Å². The van der Waals surface area contributed by atoms with Crippen molar-refractivity contribution >= 4 is 21.8 Å². The molecular formula is C12H15BrF3N3O. The fraction of sp³-hybridized carbons (Fsp3) is 0.667. The molecule has 0 spiro atoms. The van der Waals surface area contributed by atoms with Gasteiger partial charge in [-0.25, -0.2) is 0 Å². The molecule has 0 bridgehead atoms. The number of likely N-dealkylation sites (N-methyl/N-ethyl adjacent to an activating group) is 1. The third-order valence-electron chi connectivity index (χ3n) is 3.22. The van der Waals surface area contributed by atoms with E-state index in [0.29, 0.717) is 12.2 Å². The fourth-order valence-electron chi connectivity index (χ4n) is 2.06. The molecule has 0 saturated heterocycles. The fourth-order valence-corrected chi connectivity index (χ4v) is 2.87. The molecule has 8 heteroatoms. The molecule has 0 radical (unpaired) electrons. The highest BCUT2D eigenvalue weighted by Crippen LogP contribution is 2.47. The number of nitrogens with one attached hydrogen (secondary N) is 1. The van der Waals surface area contributed by atoms with E-state index in [2.05, 4.69) is 26.3 Å². The van der Waals surface area contributed by atoms with Gasteiger partial charge in [-0.3, -0.25) is 9.48 Å². The molecule has 1 aromatic heterocycles. The van der Waals surface area contributed by atoms with Gasteiger partial charge in [-0.2, -0.15) is 18.3 Å². The van der Waals surface area contributed by atoms with E-state index in [-0.39, 0.29) is 16.3 Å². The molecule has 1 amide bonds. The maximum Gasteiger partial charge on any atom is 0.436 e. The van der Waals surface area contributed by atoms with E-state index < -0.39 is 17.9 Å². The predicted octanol–water partition coefficient (Wildman–Crippen LogP) is 3.24. The van der Waals surface area contributed by atoms with Crippen LogP contribution < -0.4 is 5.32 Å². The molecule has 0 aliphatic heterocycles. The van der Waals surface area contributed by atoms with Gasteiger partial charge in [0.15, 0.2) is 5.69 Å². The Bertz CT molecular complexity index is 523. The molecule has 1 atom stereocenters. The van der Waals surface area contributed by atoms with Gasteiger partial charge in [0.1, 0.15) is 6.04 Å². The first kappa shape index (κ1) is 15.3. The number of alkyl halides is 3. The summed E-state index contributed by atoms with van der Waals surface area (Å²) in [5, 5.41) is 6.23. The van der Waals surface area contributed by atoms with Crippen molar-refractivity contribution < 1.29 is 18.0 Å². The largest absolute Gasteiger partial charge is 0.436 e. The molecule has 1 heterocycles. The number of carbonyl (C=O) groups is 1. The van der Waals surface area contributed by atoms with Crippen LogP contribution in [0, 0.1) is 0 Å². The van der Waals surface area contributed by atoms with Gasteiger partial charge in [-0.1, -0.05) is 0 Å². The Balaban J connectivity index is 2.44. The first-order chi connectivity index (χ1) is 9.27. The standard InChI is InChI=1S/C12H15BrF3N3O/c1-3-17-11(20)6(2)19-9(7-4-5-7)8(13)10(18-19)12(14,15)16/h6-7H,3-5H2,1-2H3,(H,17,20). The SMILES string of the molecule is CCNC(=O)C(C)n1nc(C(F)(F)F)c(Br)c1C1CC1. The zero-order valence-corrected chi connectivity index (χ0v) is 12.7. The summed E-state index contributed by atoms with van der Waals surface area (Å²) in [5.74, 6) is -0.289. The number of halogens is 4. The van der Waals surface area contributed by atoms with Gasteiger partial charge < -0.3 is 5.32 Å². The summed E-state index contributed by atoms with van der Waals surface area (Å²) in [6.07, 6.45) is -2.89. The van der Waals surface area contributed by atoms with E-state index in [1.807, 2.05) is 0 Å². The van der Waals surface area contributed by atoms with Crippen molar-refractivity contribution in [1.29, 1.82) is 0 Å². The topological polar surface area (TPSA) is 46.9 Å². The Morgan fingerprint density at radius 1 is 1.55 bits per heavy atom. The molecule has 4 nitrogen and oxygen atoms in total. The van der Waals surface area contributed by atoms with Gasteiger partial charge in [-0.05, 0) is 42.6 Å². The Morgan fingerprint density at radius 2 is 2.15 bits per heavy atom. The number of aromatic nitrogens is 2. The van der Waals surface area contributed by atoms with Crippen molar-refractivity contribution in [3.8, 4) is 0 Å². The number of hydrogen-bond acceptors (Lipinski definition) is 2. The van der Waals surface area contributed by atoms with Gasteiger partial charge in [0, 0.05) is 12.5 Å². The molecule has 1 fully saturated rings. The lowest BCUT2D eigenvalue weighted by atomic mass is 10.2. The van der Waals surface area contributed by atoms with Crippen molar-refractivity contribution in [3.05, 3.63) is 15.9 Å². The average molecular weight is 354 g/mol. The third kappa shape index (κ3) is 2.84. The second kappa shape index (κ2) is 5.38. The second-order valence-corrected chi connectivity index (χ2v) is 5.63. The molecule has 20 heavy (non-hydrogen) atoms. The highest BCUT2D eigenvalue weighted by molar-refractivity contribution is 9.10. The predicted molar refractivity (Wildman–Crippen MR) is 70.3 cm³/mol. The van der Waals surface area contributed by atoms with E-state index >= 15 is 0 Å². The summed E-state index contributed by atoms with van der Waals surface area (Å²) >= 11 is 3.00. The van der Waals surface area contributed by atoms with Crippen molar-refractivity contribution in [2.24, 2.45) is 0 Å². The van der Waals surface area contributed by atoms with E-state index in [1.54, 1.807) is 13.8 Å². The first-order valence-electron chi connectivity index (χ1n) is 6.40. The lowest BCUT2D eigenvalue weighted by molar-refractivity contribution is -0.142. The zero-order valence-electron chi connectivity index (χ0n) is 11.1. The molecule has 0 aromatic carbocycles. The highest BCUT2D eigenvalue weighted by atomic mass is 79.9. The Kier molecular flexibility index (Phi) is 4.13. The molecule has 1 aliphatic rings. The van der Waals surface area contributed by atoms with Crippen LogP contribution in [0.3, 0.4) is 0 Å². The molecule has 1 aliphatic carbocycles. The van der Waals surface area contributed by atoms with Crippen LogP contribution in [0.25, 0.3) is 0 Å². The van der Waals surface area contributed by atoms with Crippen LogP contribution in [-0.4, -0.2) is 22.2 Å². The van der Waals surface area contributed by atoms with Crippen LogP contribution in [0.4, 0.5) is 13.2 Å². The van der Waals surface area contributed by atoms with E-state index in [0.717, 1.165) is 12.8 Å². The molecule has 1 saturated carbocycles. The van der Waals surface area contributed by atoms with Gasteiger partial charge in [0.2, 0.25) is 5.91 Å². The Morgan fingerprint density at radius 3 is 2.60 bits per heavy atom. The summed E-state index contributed by atoms with van der Waals surface area (Å²) in [6, 6.07) is -0.766. The number of carbonyl (C=O) groups excluding carboxylic acids is 1. The zero-order chi connectivity index (χ0) is 15.1. The van der Waals surface area contributed by atoms with Crippen molar-refractivity contribution in [1.82, 2.24) is 15.1 Å². The van der Waals surface area contributed by atoms with Crippen molar-refractivity contribution in [3.63, 3.8) is 0 Å². The van der Waals surface area contributed by atoms with Crippen molar-refractivity contribution in [2.75, 3.05) is 6.54 Å². The Hall–Kier alpha value is -1.05. The summed E-state index contributed by atoms with van der Waals surface area (Å²) in [4.78, 5) is 11.8. The lowest BCUT2D eigenvalue weighted by Crippen LogP contribution is -2.32.